The smallest absolute Gasteiger partial charge is 0.269 e. The Morgan fingerprint density at radius 3 is 2.16 bits per heavy atom. The van der Waals surface area contributed by atoms with Crippen molar-refractivity contribution in [1.29, 1.82) is 0 Å². The van der Waals surface area contributed by atoms with Gasteiger partial charge in [0.15, 0.2) is 0 Å². The van der Waals surface area contributed by atoms with E-state index in [1.807, 2.05) is 29.8 Å². The van der Waals surface area contributed by atoms with Gasteiger partial charge in [-0.2, -0.15) is 0 Å². The van der Waals surface area contributed by atoms with Crippen LogP contribution in [0.15, 0.2) is 24.3 Å². The van der Waals surface area contributed by atoms with Gasteiger partial charge >= 0.3 is 0 Å². The van der Waals surface area contributed by atoms with E-state index in [0.29, 0.717) is 18.4 Å². The number of nitro benzene ring substituents is 1. The lowest BCUT2D eigenvalue weighted by atomic mass is 10.1. The quantitative estimate of drug-likeness (QED) is 0.503. The summed E-state index contributed by atoms with van der Waals surface area (Å²) in [4.78, 5) is 27.1. The van der Waals surface area contributed by atoms with Crippen molar-refractivity contribution in [1.82, 2.24) is 9.80 Å². The first-order valence-electron chi connectivity index (χ1n) is 8.84. The van der Waals surface area contributed by atoms with Crippen molar-refractivity contribution >= 4 is 11.6 Å². The van der Waals surface area contributed by atoms with Crippen molar-refractivity contribution in [2.75, 3.05) is 26.7 Å². The van der Waals surface area contributed by atoms with E-state index < -0.39 is 4.92 Å². The third kappa shape index (κ3) is 6.82. The van der Waals surface area contributed by atoms with Crippen molar-refractivity contribution in [2.24, 2.45) is 11.8 Å². The second kappa shape index (κ2) is 9.51. The zero-order chi connectivity index (χ0) is 19.1. The predicted octanol–water partition coefficient (Wildman–Crippen LogP) is 3.73. The molecule has 1 rings (SSSR count). The zero-order valence-electron chi connectivity index (χ0n) is 16.2. The molecule has 0 aliphatic rings. The minimum Gasteiger partial charge on any atom is -0.341 e. The molecule has 6 heteroatoms. The van der Waals surface area contributed by atoms with Crippen LogP contribution in [-0.4, -0.2) is 47.3 Å². The van der Waals surface area contributed by atoms with Crippen LogP contribution in [0.2, 0.25) is 0 Å². The maximum Gasteiger partial charge on any atom is 0.269 e. The summed E-state index contributed by atoms with van der Waals surface area (Å²) in [5.74, 6) is 0.937. The molecule has 0 radical (unpaired) electrons. The molecule has 25 heavy (non-hydrogen) atoms. The highest BCUT2D eigenvalue weighted by Crippen LogP contribution is 2.23. The predicted molar refractivity (Wildman–Crippen MR) is 100 cm³/mol. The molecule has 0 saturated carbocycles. The molecule has 6 nitrogen and oxygen atoms in total. The molecule has 0 saturated heterocycles. The van der Waals surface area contributed by atoms with Gasteiger partial charge in [0, 0.05) is 31.3 Å². The van der Waals surface area contributed by atoms with Crippen LogP contribution in [0.4, 0.5) is 5.69 Å². The fraction of sp³-hybridized carbons (Fsp3) is 0.632. The summed E-state index contributed by atoms with van der Waals surface area (Å²) in [6.07, 6.45) is 0. The van der Waals surface area contributed by atoms with Crippen molar-refractivity contribution < 1.29 is 9.72 Å². The maximum absolute atomic E-state index is 12.7. The highest BCUT2D eigenvalue weighted by Gasteiger charge is 2.21. The van der Waals surface area contributed by atoms with Gasteiger partial charge in [0.2, 0.25) is 5.91 Å². The minimum atomic E-state index is -0.394. The molecule has 1 aromatic rings. The van der Waals surface area contributed by atoms with Gasteiger partial charge in [0.1, 0.15) is 0 Å². The molecule has 0 bridgehead atoms. The van der Waals surface area contributed by atoms with Crippen LogP contribution in [0.3, 0.4) is 0 Å². The molecule has 1 amide bonds. The Kier molecular flexibility index (Phi) is 8.03. The number of carbonyl (C=O) groups is 1. The lowest BCUT2D eigenvalue weighted by molar-refractivity contribution is -0.384. The van der Waals surface area contributed by atoms with Crippen molar-refractivity contribution in [3.8, 4) is 0 Å². The average molecular weight is 349 g/mol. The molecule has 0 spiro atoms. The van der Waals surface area contributed by atoms with Gasteiger partial charge in [-0.05, 0) is 31.4 Å². The van der Waals surface area contributed by atoms with Gasteiger partial charge in [-0.1, -0.05) is 39.8 Å². The number of nitrogens with zero attached hydrogens (tertiary/aromatic N) is 3. The molecule has 0 fully saturated rings. The second-order valence-corrected chi connectivity index (χ2v) is 7.53. The van der Waals surface area contributed by atoms with E-state index in [4.69, 9.17) is 0 Å². The topological polar surface area (TPSA) is 66.7 Å². The summed E-state index contributed by atoms with van der Waals surface area (Å²) in [5, 5.41) is 10.9. The molecular weight excluding hydrogens is 318 g/mol. The van der Waals surface area contributed by atoms with Crippen molar-refractivity contribution in [3.05, 3.63) is 39.9 Å². The first-order chi connectivity index (χ1) is 11.6. The van der Waals surface area contributed by atoms with Gasteiger partial charge in [0.05, 0.1) is 11.5 Å². The van der Waals surface area contributed by atoms with Crippen molar-refractivity contribution in [3.63, 3.8) is 0 Å². The van der Waals surface area contributed by atoms with Gasteiger partial charge in [-0.15, -0.1) is 0 Å². The highest BCUT2D eigenvalue weighted by atomic mass is 16.6. The first kappa shape index (κ1) is 21.1. The Morgan fingerprint density at radius 2 is 1.68 bits per heavy atom. The summed E-state index contributed by atoms with van der Waals surface area (Å²) in [6, 6.07) is 6.52. The summed E-state index contributed by atoms with van der Waals surface area (Å²) in [7, 11) is 1.88. The maximum atomic E-state index is 12.7. The van der Waals surface area contributed by atoms with Gasteiger partial charge in [0.25, 0.3) is 5.69 Å². The van der Waals surface area contributed by atoms with Gasteiger partial charge < -0.3 is 4.90 Å². The number of amides is 1. The molecule has 0 aliphatic carbocycles. The summed E-state index contributed by atoms with van der Waals surface area (Å²) >= 11 is 0. The van der Waals surface area contributed by atoms with Crippen LogP contribution in [0.5, 0.6) is 0 Å². The van der Waals surface area contributed by atoms with Crippen LogP contribution in [0.25, 0.3) is 0 Å². The van der Waals surface area contributed by atoms with E-state index in [1.165, 1.54) is 6.07 Å². The average Bonchev–Trinajstić information content (AvgIpc) is 2.52. The number of likely N-dealkylation sites (N-methyl/N-ethyl adjacent to an activating group) is 1. The van der Waals surface area contributed by atoms with Crippen LogP contribution >= 0.6 is 0 Å². The lowest BCUT2D eigenvalue weighted by Gasteiger charge is -2.30. The molecule has 140 valence electrons. The Morgan fingerprint density at radius 1 is 1.12 bits per heavy atom. The molecule has 0 N–H and O–H groups in total. The standard InChI is InChI=1S/C19H31N3O3/c1-14(2)11-21(12-15(3)4)19(23)13-20(6)16(5)17-8-7-9-18(10-17)22(24)25/h7-10,14-16H,11-13H2,1-6H3. The van der Waals surface area contributed by atoms with Crippen LogP contribution in [-0.2, 0) is 4.79 Å². The van der Waals surface area contributed by atoms with E-state index in [1.54, 1.807) is 12.1 Å². The minimum absolute atomic E-state index is 0.0744. The third-order valence-electron chi connectivity index (χ3n) is 4.13. The third-order valence-corrected chi connectivity index (χ3v) is 4.13. The first-order valence-corrected chi connectivity index (χ1v) is 8.84. The zero-order valence-corrected chi connectivity index (χ0v) is 16.2. The van der Waals surface area contributed by atoms with E-state index in [2.05, 4.69) is 27.7 Å². The van der Waals surface area contributed by atoms with Crippen molar-refractivity contribution in [2.45, 2.75) is 40.7 Å². The molecule has 0 aromatic heterocycles. The summed E-state index contributed by atoms with van der Waals surface area (Å²) in [5.41, 5.74) is 0.911. The molecule has 1 atom stereocenters. The Bertz CT molecular complexity index is 577. The lowest BCUT2D eigenvalue weighted by Crippen LogP contribution is -2.43. The second-order valence-electron chi connectivity index (χ2n) is 7.53. The molecule has 0 heterocycles. The van der Waals surface area contributed by atoms with Crippen LogP contribution < -0.4 is 0 Å². The van der Waals surface area contributed by atoms with Crippen LogP contribution in [0, 0.1) is 22.0 Å². The fourth-order valence-corrected chi connectivity index (χ4v) is 2.76. The Labute approximate surface area is 151 Å². The van der Waals surface area contributed by atoms with E-state index in [-0.39, 0.29) is 17.6 Å². The number of hydrogen-bond acceptors (Lipinski definition) is 4. The van der Waals surface area contributed by atoms with Gasteiger partial charge in [-0.3, -0.25) is 19.8 Å². The Balaban J connectivity index is 2.80. The number of rotatable bonds is 9. The monoisotopic (exact) mass is 349 g/mol. The van der Waals surface area contributed by atoms with E-state index in [0.717, 1.165) is 18.7 Å². The van der Waals surface area contributed by atoms with Crippen LogP contribution in [0.1, 0.15) is 46.2 Å². The van der Waals surface area contributed by atoms with Gasteiger partial charge in [-0.25, -0.2) is 0 Å². The molecular formula is C19H31N3O3. The highest BCUT2D eigenvalue weighted by molar-refractivity contribution is 5.78. The normalized spacial score (nSPS) is 12.7. The largest absolute Gasteiger partial charge is 0.341 e. The summed E-state index contributed by atoms with van der Waals surface area (Å²) < 4.78 is 0. The molecule has 0 aliphatic heterocycles. The number of hydrogen-bond donors (Lipinski definition) is 0. The molecule has 1 unspecified atom stereocenters. The molecule has 1 aromatic carbocycles. The fourth-order valence-electron chi connectivity index (χ4n) is 2.76. The van der Waals surface area contributed by atoms with E-state index >= 15 is 0 Å². The number of nitro groups is 1. The Hall–Kier alpha value is -1.95. The number of carbonyl (C=O) groups excluding carboxylic acids is 1. The number of non-ortho nitro benzene ring substituents is 1. The SMILES string of the molecule is CC(C)CN(CC(C)C)C(=O)CN(C)C(C)c1cccc([N+](=O)[O-])c1. The summed E-state index contributed by atoms with van der Waals surface area (Å²) in [6.45, 7) is 12.2. The van der Waals surface area contributed by atoms with E-state index in [9.17, 15) is 14.9 Å². The number of benzene rings is 1.